The zero-order valence-corrected chi connectivity index (χ0v) is 13.6. The summed E-state index contributed by atoms with van der Waals surface area (Å²) in [5, 5.41) is 0. The van der Waals surface area contributed by atoms with E-state index in [4.69, 9.17) is 4.74 Å². The van der Waals surface area contributed by atoms with Crippen molar-refractivity contribution in [2.24, 2.45) is 0 Å². The van der Waals surface area contributed by atoms with E-state index in [0.29, 0.717) is 18.2 Å². The average molecular weight is 307 g/mol. The Balaban J connectivity index is 1.73. The number of benzene rings is 2. The minimum absolute atomic E-state index is 0.340. The van der Waals surface area contributed by atoms with Gasteiger partial charge >= 0.3 is 0 Å². The van der Waals surface area contributed by atoms with Crippen LogP contribution in [0.4, 0.5) is 0 Å². The molecule has 2 aliphatic rings. The second-order valence-electron chi connectivity index (χ2n) is 6.61. The Bertz CT molecular complexity index is 752. The van der Waals surface area contributed by atoms with Crippen molar-refractivity contribution >= 4 is 5.78 Å². The van der Waals surface area contributed by atoms with Crippen molar-refractivity contribution in [1.29, 1.82) is 0 Å². The monoisotopic (exact) mass is 307 g/mol. The predicted octanol–water partition coefficient (Wildman–Crippen LogP) is 3.83. The molecule has 1 fully saturated rings. The molecule has 3 nitrogen and oxygen atoms in total. The standard InChI is InChI=1S/C20H21NO2/c1-20-17-6-4-3-5-16(17)18(11-12-19(20)22)21(20)13-14-7-9-15(23-2)10-8-14/h3-10,18H,11-13H2,1-2H3. The summed E-state index contributed by atoms with van der Waals surface area (Å²) in [6, 6.07) is 16.9. The molecule has 23 heavy (non-hydrogen) atoms. The maximum Gasteiger partial charge on any atom is 0.157 e. The summed E-state index contributed by atoms with van der Waals surface area (Å²) in [5.74, 6) is 1.20. The highest BCUT2D eigenvalue weighted by atomic mass is 16.5. The van der Waals surface area contributed by atoms with Crippen LogP contribution in [0.5, 0.6) is 5.75 Å². The normalized spacial score (nSPS) is 26.2. The minimum atomic E-state index is -0.487. The van der Waals surface area contributed by atoms with Gasteiger partial charge in [-0.25, -0.2) is 0 Å². The molecule has 2 aromatic rings. The molecule has 2 unspecified atom stereocenters. The van der Waals surface area contributed by atoms with Crippen molar-refractivity contribution in [3.8, 4) is 5.75 Å². The molecule has 0 radical (unpaired) electrons. The maximum atomic E-state index is 12.8. The summed E-state index contributed by atoms with van der Waals surface area (Å²) in [4.78, 5) is 15.2. The number of ketones is 1. The van der Waals surface area contributed by atoms with E-state index >= 15 is 0 Å². The van der Waals surface area contributed by atoms with Crippen LogP contribution in [0.15, 0.2) is 48.5 Å². The number of carbonyl (C=O) groups is 1. The molecule has 0 aromatic heterocycles. The van der Waals surface area contributed by atoms with Crippen LogP contribution in [0, 0.1) is 0 Å². The van der Waals surface area contributed by atoms with Crippen LogP contribution in [0.1, 0.15) is 42.5 Å². The summed E-state index contributed by atoms with van der Waals surface area (Å²) in [5.41, 5.74) is 3.25. The van der Waals surface area contributed by atoms with Crippen LogP contribution < -0.4 is 4.74 Å². The third kappa shape index (κ3) is 2.03. The number of hydrogen-bond acceptors (Lipinski definition) is 3. The largest absolute Gasteiger partial charge is 0.497 e. The maximum absolute atomic E-state index is 12.8. The topological polar surface area (TPSA) is 29.5 Å². The van der Waals surface area contributed by atoms with Crippen LogP contribution >= 0.6 is 0 Å². The zero-order chi connectivity index (χ0) is 16.0. The highest BCUT2D eigenvalue weighted by Crippen LogP contribution is 2.53. The molecule has 0 N–H and O–H groups in total. The van der Waals surface area contributed by atoms with Crippen LogP contribution in [0.3, 0.4) is 0 Å². The summed E-state index contributed by atoms with van der Waals surface area (Å²) >= 11 is 0. The first kappa shape index (κ1) is 14.5. The first-order chi connectivity index (χ1) is 11.1. The van der Waals surface area contributed by atoms with Gasteiger partial charge in [-0.3, -0.25) is 9.69 Å². The van der Waals surface area contributed by atoms with Crippen LogP contribution in [0.2, 0.25) is 0 Å². The van der Waals surface area contributed by atoms with Gasteiger partial charge in [0.2, 0.25) is 0 Å². The fourth-order valence-electron chi connectivity index (χ4n) is 4.19. The van der Waals surface area contributed by atoms with E-state index in [1.54, 1.807) is 7.11 Å². The smallest absolute Gasteiger partial charge is 0.157 e. The van der Waals surface area contributed by atoms with E-state index in [1.807, 2.05) is 18.2 Å². The molecule has 0 aliphatic carbocycles. The van der Waals surface area contributed by atoms with E-state index in [1.165, 1.54) is 16.7 Å². The summed E-state index contributed by atoms with van der Waals surface area (Å²) < 4.78 is 5.23. The van der Waals surface area contributed by atoms with Crippen molar-refractivity contribution in [3.63, 3.8) is 0 Å². The van der Waals surface area contributed by atoms with E-state index in [0.717, 1.165) is 18.7 Å². The highest BCUT2D eigenvalue weighted by Gasteiger charge is 2.54. The van der Waals surface area contributed by atoms with Crippen molar-refractivity contribution in [2.75, 3.05) is 7.11 Å². The Morgan fingerprint density at radius 1 is 1.17 bits per heavy atom. The van der Waals surface area contributed by atoms with Crippen LogP contribution in [0.25, 0.3) is 0 Å². The second-order valence-corrected chi connectivity index (χ2v) is 6.61. The minimum Gasteiger partial charge on any atom is -0.497 e. The number of Topliss-reactive ketones (excluding diaryl/α,β-unsaturated/α-hetero) is 1. The van der Waals surface area contributed by atoms with Crippen LogP contribution in [-0.4, -0.2) is 17.8 Å². The van der Waals surface area contributed by atoms with Gasteiger partial charge in [-0.1, -0.05) is 36.4 Å². The number of methoxy groups -OCH3 is 1. The molecular formula is C20H21NO2. The first-order valence-electron chi connectivity index (χ1n) is 8.17. The summed E-state index contributed by atoms with van der Waals surface area (Å²) in [6.45, 7) is 2.88. The first-order valence-corrected chi connectivity index (χ1v) is 8.17. The van der Waals surface area contributed by atoms with E-state index in [-0.39, 0.29) is 0 Å². The van der Waals surface area contributed by atoms with Gasteiger partial charge in [-0.15, -0.1) is 0 Å². The molecule has 4 rings (SSSR count). The molecule has 1 saturated heterocycles. The van der Waals surface area contributed by atoms with Crippen molar-refractivity contribution in [2.45, 2.75) is 37.9 Å². The zero-order valence-electron chi connectivity index (χ0n) is 13.6. The second kappa shape index (κ2) is 5.20. The van der Waals surface area contributed by atoms with Gasteiger partial charge < -0.3 is 4.74 Å². The van der Waals surface area contributed by atoms with Gasteiger partial charge in [-0.05, 0) is 42.2 Å². The fraction of sp³-hybridized carbons (Fsp3) is 0.350. The SMILES string of the molecule is COc1ccc(CN2C3CCC(=O)C2(C)c2ccccc23)cc1. The Labute approximate surface area is 136 Å². The van der Waals surface area contributed by atoms with Crippen molar-refractivity contribution < 1.29 is 9.53 Å². The Hall–Kier alpha value is -2.13. The molecule has 118 valence electrons. The number of ether oxygens (including phenoxy) is 1. The molecular weight excluding hydrogens is 286 g/mol. The molecule has 2 aliphatic heterocycles. The lowest BCUT2D eigenvalue weighted by Crippen LogP contribution is -2.49. The summed E-state index contributed by atoms with van der Waals surface area (Å²) in [6.07, 6.45) is 1.59. The molecule has 2 bridgehead atoms. The highest BCUT2D eigenvalue weighted by molar-refractivity contribution is 5.92. The molecule has 0 spiro atoms. The van der Waals surface area contributed by atoms with Gasteiger partial charge in [0.05, 0.1) is 7.11 Å². The van der Waals surface area contributed by atoms with Crippen molar-refractivity contribution in [1.82, 2.24) is 4.90 Å². The predicted molar refractivity (Wildman–Crippen MR) is 89.3 cm³/mol. The van der Waals surface area contributed by atoms with E-state index < -0.39 is 5.54 Å². The van der Waals surface area contributed by atoms with Crippen LogP contribution in [-0.2, 0) is 16.9 Å². The molecule has 3 heteroatoms. The number of rotatable bonds is 3. The molecule has 0 amide bonds. The van der Waals surface area contributed by atoms with Gasteiger partial charge in [0.1, 0.15) is 11.3 Å². The third-order valence-corrected chi connectivity index (χ3v) is 5.49. The Morgan fingerprint density at radius 3 is 2.65 bits per heavy atom. The van der Waals surface area contributed by atoms with Gasteiger partial charge in [0.15, 0.2) is 5.78 Å². The number of hydrogen-bond donors (Lipinski definition) is 0. The Morgan fingerprint density at radius 2 is 1.91 bits per heavy atom. The lowest BCUT2D eigenvalue weighted by atomic mass is 9.85. The molecule has 2 heterocycles. The third-order valence-electron chi connectivity index (χ3n) is 5.49. The van der Waals surface area contributed by atoms with E-state index in [2.05, 4.69) is 42.2 Å². The van der Waals surface area contributed by atoms with Gasteiger partial charge in [0.25, 0.3) is 0 Å². The average Bonchev–Trinajstić information content (AvgIpc) is 2.76. The van der Waals surface area contributed by atoms with Crippen molar-refractivity contribution in [3.05, 3.63) is 65.2 Å². The molecule has 0 saturated carbocycles. The molecule has 2 atom stereocenters. The van der Waals surface area contributed by atoms with Gasteiger partial charge in [-0.2, -0.15) is 0 Å². The number of carbonyl (C=O) groups excluding carboxylic acids is 1. The summed E-state index contributed by atoms with van der Waals surface area (Å²) in [7, 11) is 1.68. The van der Waals surface area contributed by atoms with E-state index in [9.17, 15) is 4.79 Å². The lowest BCUT2D eigenvalue weighted by molar-refractivity contribution is -0.136. The Kier molecular flexibility index (Phi) is 3.27. The lowest BCUT2D eigenvalue weighted by Gasteiger charge is -2.41. The quantitative estimate of drug-likeness (QED) is 0.863. The molecule has 2 aromatic carbocycles. The number of fused-ring (bicyclic) bond motifs is 5. The fourth-order valence-corrected chi connectivity index (χ4v) is 4.19. The number of piperidine rings is 1. The van der Waals surface area contributed by atoms with Gasteiger partial charge in [0, 0.05) is 19.0 Å². The number of nitrogens with zero attached hydrogens (tertiary/aromatic N) is 1.